The van der Waals surface area contributed by atoms with Crippen molar-refractivity contribution < 1.29 is 14.3 Å². The molecule has 134 valence electrons. The molecule has 5 heteroatoms. The molecular formula is C21H22N2O3. The van der Waals surface area contributed by atoms with Crippen molar-refractivity contribution >= 4 is 29.0 Å². The Morgan fingerprint density at radius 1 is 1.12 bits per heavy atom. The molecule has 0 bridgehead atoms. The van der Waals surface area contributed by atoms with Crippen molar-refractivity contribution in [1.82, 2.24) is 0 Å². The third-order valence-corrected chi connectivity index (χ3v) is 4.37. The number of benzene rings is 2. The van der Waals surface area contributed by atoms with E-state index in [0.29, 0.717) is 29.4 Å². The highest BCUT2D eigenvalue weighted by Gasteiger charge is 2.33. The number of anilines is 1. The van der Waals surface area contributed by atoms with Crippen molar-refractivity contribution in [1.29, 1.82) is 0 Å². The van der Waals surface area contributed by atoms with Gasteiger partial charge in [-0.3, -0.25) is 4.79 Å². The second-order valence-electron chi connectivity index (χ2n) is 6.63. The summed E-state index contributed by atoms with van der Waals surface area (Å²) in [5, 5.41) is 0. The van der Waals surface area contributed by atoms with Crippen molar-refractivity contribution in [3.8, 4) is 0 Å². The van der Waals surface area contributed by atoms with Gasteiger partial charge in [-0.25, -0.2) is 9.79 Å². The number of para-hydroxylation sites is 2. The Bertz CT molecular complexity index is 871. The van der Waals surface area contributed by atoms with Crippen LogP contribution < -0.4 is 4.90 Å². The fourth-order valence-electron chi connectivity index (χ4n) is 2.95. The van der Waals surface area contributed by atoms with Crippen LogP contribution in [0, 0.1) is 5.92 Å². The van der Waals surface area contributed by atoms with E-state index in [1.165, 1.54) is 7.11 Å². The second kappa shape index (κ2) is 7.52. The molecule has 0 aromatic heterocycles. The number of hydrogen-bond donors (Lipinski definition) is 0. The van der Waals surface area contributed by atoms with Crippen molar-refractivity contribution in [3.63, 3.8) is 0 Å². The Kier molecular flexibility index (Phi) is 5.16. The van der Waals surface area contributed by atoms with E-state index >= 15 is 0 Å². The number of methoxy groups -OCH3 is 1. The van der Waals surface area contributed by atoms with E-state index in [4.69, 9.17) is 4.74 Å². The number of carbonyl (C=O) groups excluding carboxylic acids is 2. The Labute approximate surface area is 153 Å². The van der Waals surface area contributed by atoms with Gasteiger partial charge >= 0.3 is 5.97 Å². The molecule has 0 aliphatic carbocycles. The van der Waals surface area contributed by atoms with Crippen LogP contribution in [-0.4, -0.2) is 31.2 Å². The van der Waals surface area contributed by atoms with Crippen LogP contribution >= 0.6 is 0 Å². The van der Waals surface area contributed by atoms with Crippen molar-refractivity contribution in [2.24, 2.45) is 10.9 Å². The lowest BCUT2D eigenvalue weighted by molar-refractivity contribution is -0.112. The largest absolute Gasteiger partial charge is 0.465 e. The Morgan fingerprint density at radius 2 is 1.81 bits per heavy atom. The minimum absolute atomic E-state index is 0.133. The highest BCUT2D eigenvalue weighted by molar-refractivity contribution is 6.54. The molecule has 3 rings (SSSR count). The monoisotopic (exact) mass is 350 g/mol. The van der Waals surface area contributed by atoms with E-state index in [1.54, 1.807) is 29.2 Å². The molecule has 2 aromatic carbocycles. The average Bonchev–Trinajstić information content (AvgIpc) is 2.91. The van der Waals surface area contributed by atoms with Crippen LogP contribution in [0.25, 0.3) is 0 Å². The number of carbonyl (C=O) groups is 2. The minimum atomic E-state index is -0.472. The Hall–Kier alpha value is -2.95. The molecule has 1 amide bonds. The number of ether oxygens (including phenoxy) is 1. The first-order valence-corrected chi connectivity index (χ1v) is 8.70. The third kappa shape index (κ3) is 3.38. The zero-order valence-corrected chi connectivity index (χ0v) is 15.2. The van der Waals surface area contributed by atoms with Gasteiger partial charge in [-0.05, 0) is 30.5 Å². The quantitative estimate of drug-likeness (QED) is 0.766. The van der Waals surface area contributed by atoms with Gasteiger partial charge in [0.25, 0.3) is 5.91 Å². The fraction of sp³-hybridized carbons (Fsp3) is 0.286. The molecule has 1 heterocycles. The molecule has 26 heavy (non-hydrogen) atoms. The first kappa shape index (κ1) is 17.9. The van der Waals surface area contributed by atoms with Crippen molar-refractivity contribution in [2.45, 2.75) is 20.3 Å². The second-order valence-corrected chi connectivity index (χ2v) is 6.63. The molecule has 0 saturated carbocycles. The van der Waals surface area contributed by atoms with Gasteiger partial charge in [-0.1, -0.05) is 44.2 Å². The number of rotatable bonds is 5. The normalized spacial score (nSPS) is 14.8. The van der Waals surface area contributed by atoms with Gasteiger partial charge in [0.1, 0.15) is 5.71 Å². The maximum absolute atomic E-state index is 13.0. The molecular weight excluding hydrogens is 328 g/mol. The summed E-state index contributed by atoms with van der Waals surface area (Å²) >= 11 is 0. The zero-order chi connectivity index (χ0) is 18.7. The van der Waals surface area contributed by atoms with Crippen LogP contribution in [0.15, 0.2) is 53.5 Å². The number of esters is 1. The molecule has 0 unspecified atom stereocenters. The first-order valence-electron chi connectivity index (χ1n) is 8.70. The number of amides is 1. The van der Waals surface area contributed by atoms with E-state index in [0.717, 1.165) is 17.7 Å². The molecule has 0 saturated heterocycles. The highest BCUT2D eigenvalue weighted by Crippen LogP contribution is 2.32. The minimum Gasteiger partial charge on any atom is -0.465 e. The SMILES string of the molecule is COC(=O)c1ccccc1N=C1C(=O)N(CCC(C)C)c2ccccc21. The summed E-state index contributed by atoms with van der Waals surface area (Å²) in [6.07, 6.45) is 0.909. The van der Waals surface area contributed by atoms with Gasteiger partial charge in [0, 0.05) is 12.1 Å². The van der Waals surface area contributed by atoms with Crippen LogP contribution in [0.3, 0.4) is 0 Å². The highest BCUT2D eigenvalue weighted by atomic mass is 16.5. The molecule has 2 aromatic rings. The summed E-state index contributed by atoms with van der Waals surface area (Å²) in [4.78, 5) is 31.3. The van der Waals surface area contributed by atoms with E-state index in [2.05, 4.69) is 18.8 Å². The number of aliphatic imine (C=N–C) groups is 1. The van der Waals surface area contributed by atoms with Crippen LogP contribution in [0.1, 0.15) is 36.2 Å². The molecule has 1 aliphatic rings. The Morgan fingerprint density at radius 3 is 2.54 bits per heavy atom. The zero-order valence-electron chi connectivity index (χ0n) is 15.2. The standard InChI is InChI=1S/C21H22N2O3/c1-14(2)12-13-23-18-11-7-5-9-16(18)19(20(23)24)22-17-10-6-4-8-15(17)21(25)26-3/h4-11,14H,12-13H2,1-3H3. The number of fused-ring (bicyclic) bond motifs is 1. The molecule has 0 spiro atoms. The molecule has 0 atom stereocenters. The van der Waals surface area contributed by atoms with E-state index < -0.39 is 5.97 Å². The predicted octanol–water partition coefficient (Wildman–Crippen LogP) is 3.99. The molecule has 5 nitrogen and oxygen atoms in total. The molecule has 0 radical (unpaired) electrons. The third-order valence-electron chi connectivity index (χ3n) is 4.37. The molecule has 0 fully saturated rings. The van der Waals surface area contributed by atoms with Gasteiger partial charge in [0.05, 0.1) is 24.0 Å². The summed E-state index contributed by atoms with van der Waals surface area (Å²) in [6, 6.07) is 14.5. The maximum atomic E-state index is 13.0. The summed E-state index contributed by atoms with van der Waals surface area (Å²) < 4.78 is 4.82. The fourth-order valence-corrected chi connectivity index (χ4v) is 2.95. The Balaban J connectivity index is 2.05. The average molecular weight is 350 g/mol. The smallest absolute Gasteiger partial charge is 0.340 e. The van der Waals surface area contributed by atoms with Crippen LogP contribution in [-0.2, 0) is 9.53 Å². The predicted molar refractivity (Wildman–Crippen MR) is 102 cm³/mol. The van der Waals surface area contributed by atoms with E-state index in [9.17, 15) is 9.59 Å². The molecule has 0 N–H and O–H groups in total. The summed E-state index contributed by atoms with van der Waals surface area (Å²) in [7, 11) is 1.33. The van der Waals surface area contributed by atoms with Crippen LogP contribution in [0.2, 0.25) is 0 Å². The van der Waals surface area contributed by atoms with Gasteiger partial charge < -0.3 is 9.64 Å². The first-order chi connectivity index (χ1) is 12.5. The summed E-state index contributed by atoms with van der Waals surface area (Å²) in [6.45, 7) is 4.91. The topological polar surface area (TPSA) is 59.0 Å². The van der Waals surface area contributed by atoms with E-state index in [-0.39, 0.29) is 5.91 Å². The van der Waals surface area contributed by atoms with Crippen LogP contribution in [0.4, 0.5) is 11.4 Å². The van der Waals surface area contributed by atoms with Gasteiger partial charge in [-0.2, -0.15) is 0 Å². The summed E-state index contributed by atoms with van der Waals surface area (Å²) in [5.41, 5.74) is 2.80. The van der Waals surface area contributed by atoms with Gasteiger partial charge in [-0.15, -0.1) is 0 Å². The molecule has 1 aliphatic heterocycles. The van der Waals surface area contributed by atoms with Gasteiger partial charge in [0.2, 0.25) is 0 Å². The van der Waals surface area contributed by atoms with E-state index in [1.807, 2.05) is 24.3 Å². The van der Waals surface area contributed by atoms with Crippen LogP contribution in [0.5, 0.6) is 0 Å². The number of hydrogen-bond acceptors (Lipinski definition) is 4. The van der Waals surface area contributed by atoms with Gasteiger partial charge in [0.15, 0.2) is 0 Å². The van der Waals surface area contributed by atoms with Crippen molar-refractivity contribution in [2.75, 3.05) is 18.6 Å². The summed E-state index contributed by atoms with van der Waals surface area (Å²) in [5.74, 6) is -0.108. The lowest BCUT2D eigenvalue weighted by atomic mass is 10.1. The number of nitrogens with zero attached hydrogens (tertiary/aromatic N) is 2. The maximum Gasteiger partial charge on any atom is 0.340 e. The lowest BCUT2D eigenvalue weighted by Gasteiger charge is -2.17. The lowest BCUT2D eigenvalue weighted by Crippen LogP contribution is -2.31. The van der Waals surface area contributed by atoms with Crippen molar-refractivity contribution in [3.05, 3.63) is 59.7 Å².